The lowest BCUT2D eigenvalue weighted by atomic mass is 9.89. The third-order valence-corrected chi connectivity index (χ3v) is 8.34. The van der Waals surface area contributed by atoms with Gasteiger partial charge in [-0.05, 0) is 63.8 Å². The Morgan fingerprint density at radius 3 is 2.58 bits per heavy atom. The van der Waals surface area contributed by atoms with Gasteiger partial charge in [-0.1, -0.05) is 43.5 Å². The molecule has 2 aromatic carbocycles. The number of hydrogen-bond donors (Lipinski definition) is 3. The van der Waals surface area contributed by atoms with Gasteiger partial charge in [0.1, 0.15) is 18.1 Å². The fourth-order valence-electron chi connectivity index (χ4n) is 6.10. The molecule has 8 heteroatoms. The number of aromatic hydroxyl groups is 1. The molecule has 2 amide bonds. The maximum atomic E-state index is 13.5. The summed E-state index contributed by atoms with van der Waals surface area (Å²) in [4.78, 5) is 33.1. The molecule has 3 N–H and O–H groups in total. The van der Waals surface area contributed by atoms with Gasteiger partial charge in [0.05, 0.1) is 5.69 Å². The van der Waals surface area contributed by atoms with Gasteiger partial charge in [0.15, 0.2) is 0 Å². The van der Waals surface area contributed by atoms with Crippen molar-refractivity contribution in [3.05, 3.63) is 83.1 Å². The fourth-order valence-corrected chi connectivity index (χ4v) is 6.10. The summed E-state index contributed by atoms with van der Waals surface area (Å²) in [5, 5.41) is 17.5. The second-order valence-corrected chi connectivity index (χ2v) is 11.2. The third-order valence-electron chi connectivity index (χ3n) is 8.34. The maximum absolute atomic E-state index is 13.5. The van der Waals surface area contributed by atoms with Crippen molar-refractivity contribution >= 4 is 11.8 Å². The molecule has 5 rings (SSSR count). The molecule has 1 aliphatic carbocycles. The van der Waals surface area contributed by atoms with Gasteiger partial charge < -0.3 is 25.1 Å². The molecular weight excluding hydrogens is 504 g/mol. The number of rotatable bonds is 9. The smallest absolute Gasteiger partial charge is 0.254 e. The van der Waals surface area contributed by atoms with Gasteiger partial charge in [0.2, 0.25) is 5.89 Å². The standard InChI is InChI=1S/C32H40N4O4/c1-21-20-40-31(34-21)28-15-9-17-36(28)32(39)24-11-8-10-23(18-24)30(38)35-22(2)27(26-14-6-7-16-29(26)37)19-33-25-12-4-3-5-13-25/h6-8,10-11,14,16,18,20,22,25,27-28,33,37H,3-5,9,12-13,15,17,19H2,1-2H3,(H,35,38)/t22-,27+,28+/m0/s1. The Morgan fingerprint density at radius 2 is 1.82 bits per heavy atom. The van der Waals surface area contributed by atoms with Crippen molar-refractivity contribution in [1.29, 1.82) is 0 Å². The number of amides is 2. The van der Waals surface area contributed by atoms with Gasteiger partial charge in [0, 0.05) is 47.8 Å². The average Bonchev–Trinajstić information content (AvgIpc) is 3.63. The molecule has 1 aliphatic heterocycles. The summed E-state index contributed by atoms with van der Waals surface area (Å²) in [7, 11) is 0. The van der Waals surface area contributed by atoms with Crippen LogP contribution in [0.4, 0.5) is 0 Å². The molecule has 3 aromatic rings. The summed E-state index contributed by atoms with van der Waals surface area (Å²) < 4.78 is 5.60. The number of hydrogen-bond acceptors (Lipinski definition) is 6. The van der Waals surface area contributed by atoms with E-state index in [9.17, 15) is 14.7 Å². The van der Waals surface area contributed by atoms with E-state index in [2.05, 4.69) is 15.6 Å². The highest BCUT2D eigenvalue weighted by molar-refractivity contribution is 6.00. The van der Waals surface area contributed by atoms with Gasteiger partial charge in [-0.25, -0.2) is 4.98 Å². The minimum atomic E-state index is -0.257. The normalized spacial score (nSPS) is 19.4. The monoisotopic (exact) mass is 544 g/mol. The van der Waals surface area contributed by atoms with Crippen LogP contribution in [0, 0.1) is 6.92 Å². The summed E-state index contributed by atoms with van der Waals surface area (Å²) in [6.45, 7) is 5.11. The number of phenolic OH excluding ortho intramolecular Hbond substituents is 1. The van der Waals surface area contributed by atoms with E-state index in [0.717, 1.165) is 36.9 Å². The van der Waals surface area contributed by atoms with E-state index < -0.39 is 0 Å². The molecular formula is C32H40N4O4. The largest absolute Gasteiger partial charge is 0.508 e. The molecule has 2 aliphatic rings. The topological polar surface area (TPSA) is 108 Å². The van der Waals surface area contributed by atoms with Crippen molar-refractivity contribution in [2.45, 2.75) is 82.8 Å². The predicted octanol–water partition coefficient (Wildman–Crippen LogP) is 5.49. The van der Waals surface area contributed by atoms with Crippen LogP contribution in [0.5, 0.6) is 5.75 Å². The number of aromatic nitrogens is 1. The van der Waals surface area contributed by atoms with Crippen LogP contribution in [0.25, 0.3) is 0 Å². The van der Waals surface area contributed by atoms with Crippen molar-refractivity contribution in [1.82, 2.24) is 20.5 Å². The molecule has 0 radical (unpaired) electrons. The Kier molecular flexibility index (Phi) is 8.85. The van der Waals surface area contributed by atoms with E-state index in [0.29, 0.717) is 36.1 Å². The van der Waals surface area contributed by atoms with Crippen LogP contribution in [0.3, 0.4) is 0 Å². The first-order valence-corrected chi connectivity index (χ1v) is 14.6. The average molecular weight is 545 g/mol. The van der Waals surface area contributed by atoms with E-state index in [1.54, 1.807) is 41.5 Å². The second kappa shape index (κ2) is 12.7. The summed E-state index contributed by atoms with van der Waals surface area (Å²) in [5.41, 5.74) is 2.49. The SMILES string of the molecule is Cc1coc([C@H]2CCCN2C(=O)c2cccc(C(=O)N[C@@H](C)[C@@H](CNC3CCCCC3)c3ccccc3O)c2)n1. The molecule has 1 saturated heterocycles. The number of aryl methyl sites for hydroxylation is 1. The van der Waals surface area contributed by atoms with Crippen LogP contribution in [0.15, 0.2) is 59.2 Å². The molecule has 3 atom stereocenters. The van der Waals surface area contributed by atoms with Crippen molar-refractivity contribution in [3.63, 3.8) is 0 Å². The number of phenols is 1. The molecule has 2 heterocycles. The van der Waals surface area contributed by atoms with Gasteiger partial charge in [-0.3, -0.25) is 9.59 Å². The summed E-state index contributed by atoms with van der Waals surface area (Å²) >= 11 is 0. The summed E-state index contributed by atoms with van der Waals surface area (Å²) in [5.74, 6) is 0.286. The number of carbonyl (C=O) groups excluding carboxylic acids is 2. The van der Waals surface area contributed by atoms with Crippen LogP contribution >= 0.6 is 0 Å². The molecule has 40 heavy (non-hydrogen) atoms. The van der Waals surface area contributed by atoms with Crippen LogP contribution < -0.4 is 10.6 Å². The zero-order chi connectivity index (χ0) is 28.1. The number of para-hydroxylation sites is 1. The first-order valence-electron chi connectivity index (χ1n) is 14.6. The highest BCUT2D eigenvalue weighted by Crippen LogP contribution is 2.33. The van der Waals surface area contributed by atoms with E-state index in [1.807, 2.05) is 32.0 Å². The lowest BCUT2D eigenvalue weighted by Gasteiger charge is -2.30. The number of nitrogens with one attached hydrogen (secondary N) is 2. The minimum absolute atomic E-state index is 0.119. The quantitative estimate of drug-likeness (QED) is 0.329. The van der Waals surface area contributed by atoms with Gasteiger partial charge >= 0.3 is 0 Å². The van der Waals surface area contributed by atoms with Crippen LogP contribution in [0.2, 0.25) is 0 Å². The van der Waals surface area contributed by atoms with E-state index in [-0.39, 0.29) is 35.6 Å². The van der Waals surface area contributed by atoms with Gasteiger partial charge in [0.25, 0.3) is 11.8 Å². The Bertz CT molecular complexity index is 1320. The predicted molar refractivity (Wildman–Crippen MR) is 153 cm³/mol. The van der Waals surface area contributed by atoms with Crippen molar-refractivity contribution in [3.8, 4) is 5.75 Å². The Morgan fingerprint density at radius 1 is 1.05 bits per heavy atom. The highest BCUT2D eigenvalue weighted by atomic mass is 16.3. The van der Waals surface area contributed by atoms with E-state index in [1.165, 1.54) is 19.3 Å². The molecule has 0 spiro atoms. The zero-order valence-corrected chi connectivity index (χ0v) is 23.4. The maximum Gasteiger partial charge on any atom is 0.254 e. The molecule has 0 bridgehead atoms. The fraction of sp³-hybridized carbons (Fsp3) is 0.469. The van der Waals surface area contributed by atoms with Crippen molar-refractivity contribution in [2.24, 2.45) is 0 Å². The lowest BCUT2D eigenvalue weighted by Crippen LogP contribution is -2.43. The van der Waals surface area contributed by atoms with E-state index >= 15 is 0 Å². The van der Waals surface area contributed by atoms with Crippen LogP contribution in [0.1, 0.15) is 102 Å². The number of benzene rings is 2. The molecule has 1 saturated carbocycles. The number of nitrogens with zero attached hydrogens (tertiary/aromatic N) is 2. The number of likely N-dealkylation sites (tertiary alicyclic amines) is 1. The van der Waals surface area contributed by atoms with Gasteiger partial charge in [-0.2, -0.15) is 0 Å². The molecule has 1 aromatic heterocycles. The number of carbonyl (C=O) groups is 2. The van der Waals surface area contributed by atoms with Crippen LogP contribution in [-0.4, -0.2) is 52.0 Å². The molecule has 0 unspecified atom stereocenters. The van der Waals surface area contributed by atoms with Crippen molar-refractivity contribution in [2.75, 3.05) is 13.1 Å². The Labute approximate surface area is 236 Å². The zero-order valence-electron chi connectivity index (χ0n) is 23.4. The molecule has 2 fully saturated rings. The number of oxazole rings is 1. The second-order valence-electron chi connectivity index (χ2n) is 11.2. The summed E-state index contributed by atoms with van der Waals surface area (Å²) in [6, 6.07) is 14.2. The highest BCUT2D eigenvalue weighted by Gasteiger charge is 2.34. The van der Waals surface area contributed by atoms with Gasteiger partial charge in [-0.15, -0.1) is 0 Å². The Balaban J connectivity index is 1.29. The first-order chi connectivity index (χ1) is 19.4. The first kappa shape index (κ1) is 27.9. The lowest BCUT2D eigenvalue weighted by molar-refractivity contribution is 0.0715. The van der Waals surface area contributed by atoms with Crippen LogP contribution in [-0.2, 0) is 0 Å². The van der Waals surface area contributed by atoms with Crippen molar-refractivity contribution < 1.29 is 19.1 Å². The summed E-state index contributed by atoms with van der Waals surface area (Å²) in [6.07, 6.45) is 9.34. The Hall–Kier alpha value is -3.65. The molecule has 212 valence electrons. The van der Waals surface area contributed by atoms with E-state index in [4.69, 9.17) is 4.42 Å². The molecule has 8 nitrogen and oxygen atoms in total. The minimum Gasteiger partial charge on any atom is -0.508 e. The third kappa shape index (κ3) is 6.39.